The molecule has 1 rings (SSSR count). The highest BCUT2D eigenvalue weighted by Crippen LogP contribution is 2.12. The zero-order valence-electron chi connectivity index (χ0n) is 9.27. The van der Waals surface area contributed by atoms with E-state index in [0.29, 0.717) is 0 Å². The minimum Gasteiger partial charge on any atom is -0.335 e. The summed E-state index contributed by atoms with van der Waals surface area (Å²) in [5.74, 6) is 0.246. The molecule has 1 aromatic heterocycles. The van der Waals surface area contributed by atoms with Gasteiger partial charge in [-0.2, -0.15) is 0 Å². The smallest absolute Gasteiger partial charge is 0.257 e. The first-order valence-corrected chi connectivity index (χ1v) is 7.64. The molecule has 0 aromatic carbocycles. The lowest BCUT2D eigenvalue weighted by atomic mass is 10.0. The summed E-state index contributed by atoms with van der Waals surface area (Å²) in [6, 6.07) is -0.0762. The molecule has 0 aliphatic carbocycles. The van der Waals surface area contributed by atoms with Gasteiger partial charge in [-0.3, -0.25) is 0 Å². The number of hydrogen-bond donors (Lipinski definition) is 2. The van der Waals surface area contributed by atoms with Crippen LogP contribution in [0.4, 0.5) is 0 Å². The molecule has 0 fully saturated rings. The summed E-state index contributed by atoms with van der Waals surface area (Å²) in [6.07, 6.45) is 3.41. The van der Waals surface area contributed by atoms with Crippen molar-refractivity contribution in [1.29, 1.82) is 0 Å². The molecule has 0 amide bonds. The van der Waals surface area contributed by atoms with E-state index in [1.54, 1.807) is 0 Å². The third-order valence-corrected chi connectivity index (χ3v) is 4.17. The molecule has 0 spiro atoms. The number of H-pyrrole nitrogens is 1. The average molecular weight is 310 g/mol. The molecule has 16 heavy (non-hydrogen) atoms. The molecule has 1 aromatic rings. The standard InChI is InChI=1S/C9H16BrN3O2S/c1-7(2)8(3-4-10)13-16(14,15)9-5-11-6-12-9/h5-8,13H,3-4H2,1-2H3,(H,11,12). The fourth-order valence-corrected chi connectivity index (χ4v) is 3.12. The molecule has 0 bridgehead atoms. The highest BCUT2D eigenvalue weighted by Gasteiger charge is 2.22. The lowest BCUT2D eigenvalue weighted by Crippen LogP contribution is -2.38. The molecule has 1 unspecified atom stereocenters. The number of halogens is 1. The van der Waals surface area contributed by atoms with Gasteiger partial charge in [-0.1, -0.05) is 29.8 Å². The number of aromatic amines is 1. The highest BCUT2D eigenvalue weighted by atomic mass is 79.9. The van der Waals surface area contributed by atoms with Crippen molar-refractivity contribution < 1.29 is 8.42 Å². The van der Waals surface area contributed by atoms with Crippen LogP contribution in [-0.2, 0) is 10.0 Å². The Morgan fingerprint density at radius 1 is 1.56 bits per heavy atom. The summed E-state index contributed by atoms with van der Waals surface area (Å²) < 4.78 is 26.4. The summed E-state index contributed by atoms with van der Waals surface area (Å²) in [5.41, 5.74) is 0. The third kappa shape index (κ3) is 3.57. The topological polar surface area (TPSA) is 74.8 Å². The fourth-order valence-electron chi connectivity index (χ4n) is 1.30. The van der Waals surface area contributed by atoms with Crippen LogP contribution < -0.4 is 4.72 Å². The SMILES string of the molecule is CC(C)C(CCBr)NS(=O)(=O)c1cnc[nH]1. The van der Waals surface area contributed by atoms with Crippen LogP contribution >= 0.6 is 15.9 Å². The molecule has 0 aliphatic rings. The van der Waals surface area contributed by atoms with E-state index >= 15 is 0 Å². The summed E-state index contributed by atoms with van der Waals surface area (Å²) in [6.45, 7) is 3.98. The average Bonchev–Trinajstić information content (AvgIpc) is 2.69. The van der Waals surface area contributed by atoms with Gasteiger partial charge in [-0.25, -0.2) is 18.1 Å². The first kappa shape index (κ1) is 13.7. The van der Waals surface area contributed by atoms with Gasteiger partial charge in [0.15, 0.2) is 5.03 Å². The Morgan fingerprint density at radius 3 is 2.69 bits per heavy atom. The second-order valence-corrected chi connectivity index (χ2v) is 6.34. The molecular formula is C9H16BrN3O2S. The second-order valence-electron chi connectivity index (χ2n) is 3.87. The predicted molar refractivity (Wildman–Crippen MR) is 65.9 cm³/mol. The van der Waals surface area contributed by atoms with Crippen molar-refractivity contribution in [2.24, 2.45) is 5.92 Å². The summed E-state index contributed by atoms with van der Waals surface area (Å²) in [7, 11) is -3.47. The molecule has 1 atom stereocenters. The zero-order chi connectivity index (χ0) is 12.2. The van der Waals surface area contributed by atoms with Gasteiger partial charge in [0, 0.05) is 11.4 Å². The van der Waals surface area contributed by atoms with Crippen molar-refractivity contribution in [3.8, 4) is 0 Å². The Kier molecular flexibility index (Phi) is 4.94. The van der Waals surface area contributed by atoms with Gasteiger partial charge >= 0.3 is 0 Å². The number of imidazole rings is 1. The monoisotopic (exact) mass is 309 g/mol. The van der Waals surface area contributed by atoms with Crippen molar-refractivity contribution in [1.82, 2.24) is 14.7 Å². The van der Waals surface area contributed by atoms with Crippen LogP contribution in [0.1, 0.15) is 20.3 Å². The normalized spacial score (nSPS) is 14.2. The van der Waals surface area contributed by atoms with Gasteiger partial charge < -0.3 is 4.98 Å². The van der Waals surface area contributed by atoms with E-state index in [1.807, 2.05) is 13.8 Å². The summed E-state index contributed by atoms with van der Waals surface area (Å²) in [4.78, 5) is 6.29. The van der Waals surface area contributed by atoms with Gasteiger partial charge in [-0.15, -0.1) is 0 Å². The lowest BCUT2D eigenvalue weighted by Gasteiger charge is -2.20. The van der Waals surface area contributed by atoms with Gasteiger partial charge in [0.25, 0.3) is 10.0 Å². The van der Waals surface area contributed by atoms with E-state index < -0.39 is 10.0 Å². The molecule has 2 N–H and O–H groups in total. The van der Waals surface area contributed by atoms with Crippen LogP contribution in [0.5, 0.6) is 0 Å². The Bertz CT molecular complexity index is 402. The predicted octanol–water partition coefficient (Wildman–Crippen LogP) is 1.50. The molecule has 5 nitrogen and oxygen atoms in total. The molecule has 0 saturated carbocycles. The Hall–Kier alpha value is -0.400. The molecule has 1 heterocycles. The quantitative estimate of drug-likeness (QED) is 0.782. The maximum absolute atomic E-state index is 11.9. The van der Waals surface area contributed by atoms with Crippen molar-refractivity contribution in [3.05, 3.63) is 12.5 Å². The van der Waals surface area contributed by atoms with Gasteiger partial charge in [0.2, 0.25) is 0 Å². The minimum atomic E-state index is -3.47. The van der Waals surface area contributed by atoms with Crippen LogP contribution in [0, 0.1) is 5.92 Å². The van der Waals surface area contributed by atoms with Gasteiger partial charge in [0.05, 0.1) is 12.5 Å². The Balaban J connectivity index is 2.78. The third-order valence-electron chi connectivity index (χ3n) is 2.29. The number of alkyl halides is 1. The maximum Gasteiger partial charge on any atom is 0.257 e. The lowest BCUT2D eigenvalue weighted by molar-refractivity contribution is 0.439. The zero-order valence-corrected chi connectivity index (χ0v) is 11.7. The molecule has 92 valence electrons. The van der Waals surface area contributed by atoms with Crippen LogP contribution in [0.3, 0.4) is 0 Å². The number of hydrogen-bond acceptors (Lipinski definition) is 3. The van der Waals surface area contributed by atoms with Crippen LogP contribution in [0.15, 0.2) is 17.6 Å². The fraction of sp³-hybridized carbons (Fsp3) is 0.667. The molecular weight excluding hydrogens is 294 g/mol. The number of aromatic nitrogens is 2. The first-order valence-electron chi connectivity index (χ1n) is 5.04. The minimum absolute atomic E-state index is 0.0762. The van der Waals surface area contributed by atoms with E-state index in [2.05, 4.69) is 30.6 Å². The van der Waals surface area contributed by atoms with E-state index in [9.17, 15) is 8.42 Å². The van der Waals surface area contributed by atoms with E-state index in [-0.39, 0.29) is 17.0 Å². The van der Waals surface area contributed by atoms with Crippen LogP contribution in [0.2, 0.25) is 0 Å². The van der Waals surface area contributed by atoms with Crippen molar-refractivity contribution >= 4 is 26.0 Å². The van der Waals surface area contributed by atoms with E-state index in [4.69, 9.17) is 0 Å². The maximum atomic E-state index is 11.9. The van der Waals surface area contributed by atoms with E-state index in [0.717, 1.165) is 11.8 Å². The van der Waals surface area contributed by atoms with Crippen LogP contribution in [-0.4, -0.2) is 29.8 Å². The molecule has 0 radical (unpaired) electrons. The number of rotatable bonds is 6. The molecule has 0 saturated heterocycles. The number of nitrogens with one attached hydrogen (secondary N) is 2. The van der Waals surface area contributed by atoms with Gasteiger partial charge in [-0.05, 0) is 12.3 Å². The van der Waals surface area contributed by atoms with E-state index in [1.165, 1.54) is 12.5 Å². The highest BCUT2D eigenvalue weighted by molar-refractivity contribution is 9.09. The Labute approximate surface area is 104 Å². The van der Waals surface area contributed by atoms with Crippen LogP contribution in [0.25, 0.3) is 0 Å². The number of nitrogens with zero attached hydrogens (tertiary/aromatic N) is 1. The summed E-state index contributed by atoms with van der Waals surface area (Å²) >= 11 is 3.32. The van der Waals surface area contributed by atoms with Crippen molar-refractivity contribution in [3.63, 3.8) is 0 Å². The second kappa shape index (κ2) is 5.79. The number of sulfonamides is 1. The van der Waals surface area contributed by atoms with Crippen molar-refractivity contribution in [2.75, 3.05) is 5.33 Å². The first-order chi connectivity index (χ1) is 7.47. The van der Waals surface area contributed by atoms with Gasteiger partial charge in [0.1, 0.15) is 0 Å². The Morgan fingerprint density at radius 2 is 2.25 bits per heavy atom. The largest absolute Gasteiger partial charge is 0.335 e. The molecule has 0 aliphatic heterocycles. The van der Waals surface area contributed by atoms with Crippen molar-refractivity contribution in [2.45, 2.75) is 31.3 Å². The summed E-state index contributed by atoms with van der Waals surface area (Å²) in [5, 5.41) is 0.870. The molecule has 7 heteroatoms.